The van der Waals surface area contributed by atoms with Crippen molar-refractivity contribution in [1.82, 2.24) is 5.32 Å². The molecule has 1 amide bonds. The normalized spacial score (nSPS) is 11.8. The van der Waals surface area contributed by atoms with E-state index in [9.17, 15) is 4.79 Å². The zero-order chi connectivity index (χ0) is 9.40. The maximum Gasteiger partial charge on any atom is 0.220 e. The highest BCUT2D eigenvalue weighted by molar-refractivity contribution is 5.76. The third kappa shape index (κ3) is 5.79. The van der Waals surface area contributed by atoms with E-state index in [1.165, 1.54) is 0 Å². The second kappa shape index (κ2) is 6.72. The summed E-state index contributed by atoms with van der Waals surface area (Å²) < 4.78 is 0. The summed E-state index contributed by atoms with van der Waals surface area (Å²) in [5.41, 5.74) is 0. The van der Waals surface area contributed by atoms with E-state index < -0.39 is 0 Å². The van der Waals surface area contributed by atoms with E-state index in [0.29, 0.717) is 18.9 Å². The first kappa shape index (κ1) is 11.0. The second-order valence-corrected chi connectivity index (χ2v) is 3.03. The number of amides is 1. The smallest absolute Gasteiger partial charge is 0.220 e. The first-order chi connectivity index (χ1) is 5.70. The van der Waals surface area contributed by atoms with Crippen LogP contribution >= 0.6 is 0 Å². The van der Waals surface area contributed by atoms with Crippen LogP contribution in [0.3, 0.4) is 0 Å². The SMILES string of the molecule is C#CCNC(=O)CC[C@@H](C)CC. The Bertz CT molecular complexity index is 169. The molecule has 0 aromatic rings. The van der Waals surface area contributed by atoms with E-state index in [1.54, 1.807) is 0 Å². The summed E-state index contributed by atoms with van der Waals surface area (Å²) in [5, 5.41) is 2.64. The topological polar surface area (TPSA) is 29.1 Å². The van der Waals surface area contributed by atoms with Gasteiger partial charge >= 0.3 is 0 Å². The van der Waals surface area contributed by atoms with Crippen LogP contribution in [0.15, 0.2) is 0 Å². The molecule has 12 heavy (non-hydrogen) atoms. The molecular formula is C10H17NO. The molecule has 0 aliphatic heterocycles. The quantitative estimate of drug-likeness (QED) is 0.619. The van der Waals surface area contributed by atoms with Crippen LogP contribution in [0.25, 0.3) is 0 Å². The molecule has 0 aromatic carbocycles. The van der Waals surface area contributed by atoms with Gasteiger partial charge < -0.3 is 5.32 Å². The summed E-state index contributed by atoms with van der Waals surface area (Å²) in [5.74, 6) is 3.06. The Kier molecular flexibility index (Phi) is 6.18. The number of rotatable bonds is 5. The molecule has 0 heterocycles. The van der Waals surface area contributed by atoms with Crippen LogP contribution in [0.2, 0.25) is 0 Å². The molecule has 0 fully saturated rings. The highest BCUT2D eigenvalue weighted by atomic mass is 16.1. The Balaban J connectivity index is 3.38. The predicted molar refractivity (Wildman–Crippen MR) is 50.5 cm³/mol. The van der Waals surface area contributed by atoms with Crippen molar-refractivity contribution in [2.45, 2.75) is 33.1 Å². The zero-order valence-corrected chi connectivity index (χ0v) is 7.89. The van der Waals surface area contributed by atoms with Crippen LogP contribution < -0.4 is 5.32 Å². The van der Waals surface area contributed by atoms with Crippen molar-refractivity contribution in [2.24, 2.45) is 5.92 Å². The molecule has 1 N–H and O–H groups in total. The van der Waals surface area contributed by atoms with Crippen molar-refractivity contribution < 1.29 is 4.79 Å². The number of hydrogen-bond acceptors (Lipinski definition) is 1. The van der Waals surface area contributed by atoms with Gasteiger partial charge in [-0.25, -0.2) is 0 Å². The van der Waals surface area contributed by atoms with E-state index in [0.717, 1.165) is 12.8 Å². The van der Waals surface area contributed by atoms with Crippen LogP contribution in [0, 0.1) is 18.3 Å². The van der Waals surface area contributed by atoms with Crippen molar-refractivity contribution in [1.29, 1.82) is 0 Å². The van der Waals surface area contributed by atoms with Crippen LogP contribution in [0.4, 0.5) is 0 Å². The third-order valence-electron chi connectivity index (χ3n) is 1.95. The van der Waals surface area contributed by atoms with Gasteiger partial charge in [-0.1, -0.05) is 26.2 Å². The number of carbonyl (C=O) groups is 1. The third-order valence-corrected chi connectivity index (χ3v) is 1.95. The lowest BCUT2D eigenvalue weighted by molar-refractivity contribution is -0.121. The van der Waals surface area contributed by atoms with Crippen LogP contribution in [0.5, 0.6) is 0 Å². The minimum Gasteiger partial charge on any atom is -0.345 e. The van der Waals surface area contributed by atoms with Gasteiger partial charge in [-0.15, -0.1) is 6.42 Å². The molecule has 0 saturated heterocycles. The van der Waals surface area contributed by atoms with Gasteiger partial charge in [-0.3, -0.25) is 4.79 Å². The maximum atomic E-state index is 11.0. The Morgan fingerprint density at radius 1 is 1.67 bits per heavy atom. The lowest BCUT2D eigenvalue weighted by Crippen LogP contribution is -2.23. The monoisotopic (exact) mass is 167 g/mol. The molecule has 2 heteroatoms. The Morgan fingerprint density at radius 3 is 2.83 bits per heavy atom. The van der Waals surface area contributed by atoms with Gasteiger partial charge in [0.05, 0.1) is 6.54 Å². The van der Waals surface area contributed by atoms with Crippen molar-refractivity contribution in [3.63, 3.8) is 0 Å². The fourth-order valence-electron chi connectivity index (χ4n) is 0.820. The Hall–Kier alpha value is -0.970. The standard InChI is InChI=1S/C10H17NO/c1-4-8-11-10(12)7-6-9(3)5-2/h1,9H,5-8H2,2-3H3,(H,11,12)/t9-/m0/s1. The van der Waals surface area contributed by atoms with E-state index >= 15 is 0 Å². The fraction of sp³-hybridized carbons (Fsp3) is 0.700. The summed E-state index contributed by atoms with van der Waals surface area (Å²) in [7, 11) is 0. The van der Waals surface area contributed by atoms with E-state index in [4.69, 9.17) is 6.42 Å². The van der Waals surface area contributed by atoms with E-state index in [2.05, 4.69) is 25.1 Å². The number of carbonyl (C=O) groups excluding carboxylic acids is 1. The predicted octanol–water partition coefficient (Wildman–Crippen LogP) is 1.56. The molecule has 0 rings (SSSR count). The first-order valence-electron chi connectivity index (χ1n) is 4.40. The molecule has 0 radical (unpaired) electrons. The molecule has 0 saturated carbocycles. The fourth-order valence-corrected chi connectivity index (χ4v) is 0.820. The lowest BCUT2D eigenvalue weighted by atomic mass is 10.0. The Morgan fingerprint density at radius 2 is 2.33 bits per heavy atom. The largest absolute Gasteiger partial charge is 0.345 e. The molecule has 2 nitrogen and oxygen atoms in total. The number of nitrogens with one attached hydrogen (secondary N) is 1. The molecule has 0 aliphatic rings. The van der Waals surface area contributed by atoms with Gasteiger partial charge in [-0.2, -0.15) is 0 Å². The summed E-state index contributed by atoms with van der Waals surface area (Å²) >= 11 is 0. The molecule has 0 aliphatic carbocycles. The van der Waals surface area contributed by atoms with Gasteiger partial charge in [-0.05, 0) is 12.3 Å². The maximum absolute atomic E-state index is 11.0. The summed E-state index contributed by atoms with van der Waals surface area (Å²) in [4.78, 5) is 11.0. The molecule has 1 atom stereocenters. The average molecular weight is 167 g/mol. The van der Waals surface area contributed by atoms with Gasteiger partial charge in [0.1, 0.15) is 0 Å². The second-order valence-electron chi connectivity index (χ2n) is 3.03. The molecule has 0 unspecified atom stereocenters. The first-order valence-corrected chi connectivity index (χ1v) is 4.40. The van der Waals surface area contributed by atoms with E-state index in [1.807, 2.05) is 0 Å². The van der Waals surface area contributed by atoms with Crippen molar-refractivity contribution in [3.8, 4) is 12.3 Å². The van der Waals surface area contributed by atoms with Crippen LogP contribution in [0.1, 0.15) is 33.1 Å². The highest BCUT2D eigenvalue weighted by Crippen LogP contribution is 2.08. The molecule has 0 spiro atoms. The minimum atomic E-state index is 0.0632. The van der Waals surface area contributed by atoms with Gasteiger partial charge in [0.15, 0.2) is 0 Å². The number of terminal acetylenes is 1. The molecule has 0 bridgehead atoms. The summed E-state index contributed by atoms with van der Waals surface area (Å²) in [6.07, 6.45) is 7.67. The zero-order valence-electron chi connectivity index (χ0n) is 7.89. The summed E-state index contributed by atoms with van der Waals surface area (Å²) in [6, 6.07) is 0. The summed E-state index contributed by atoms with van der Waals surface area (Å²) in [6.45, 7) is 4.62. The molecule has 68 valence electrons. The Labute approximate surface area is 74.7 Å². The van der Waals surface area contributed by atoms with Gasteiger partial charge in [0, 0.05) is 6.42 Å². The van der Waals surface area contributed by atoms with Gasteiger partial charge in [0.25, 0.3) is 0 Å². The van der Waals surface area contributed by atoms with Crippen molar-refractivity contribution >= 4 is 5.91 Å². The van der Waals surface area contributed by atoms with Crippen LogP contribution in [-0.4, -0.2) is 12.5 Å². The van der Waals surface area contributed by atoms with Crippen molar-refractivity contribution in [2.75, 3.05) is 6.54 Å². The van der Waals surface area contributed by atoms with Crippen molar-refractivity contribution in [3.05, 3.63) is 0 Å². The average Bonchev–Trinajstić information content (AvgIpc) is 2.10. The molecule has 0 aromatic heterocycles. The minimum absolute atomic E-state index is 0.0632. The number of hydrogen-bond donors (Lipinski definition) is 1. The molecular weight excluding hydrogens is 150 g/mol. The lowest BCUT2D eigenvalue weighted by Gasteiger charge is -2.06. The van der Waals surface area contributed by atoms with Crippen LogP contribution in [-0.2, 0) is 4.79 Å². The van der Waals surface area contributed by atoms with Gasteiger partial charge in [0.2, 0.25) is 5.91 Å². The van der Waals surface area contributed by atoms with E-state index in [-0.39, 0.29) is 5.91 Å². The highest BCUT2D eigenvalue weighted by Gasteiger charge is 2.03.